The number of carbonyl (C=O) groups excluding carboxylic acids is 2. The lowest BCUT2D eigenvalue weighted by atomic mass is 9.90. The Morgan fingerprint density at radius 1 is 1.21 bits per heavy atom. The Balaban J connectivity index is 3.89. The van der Waals surface area contributed by atoms with E-state index in [1.165, 1.54) is 6.92 Å². The van der Waals surface area contributed by atoms with Crippen molar-refractivity contribution < 1.29 is 14.3 Å². The van der Waals surface area contributed by atoms with Crippen LogP contribution in [0.25, 0.3) is 0 Å². The third-order valence-corrected chi connectivity index (χ3v) is 2.21. The number of hydrogen-bond acceptors (Lipinski definition) is 3. The minimum absolute atomic E-state index is 0.0189. The summed E-state index contributed by atoms with van der Waals surface area (Å²) < 4.78 is 5.17. The zero-order chi connectivity index (χ0) is 11.4. The fourth-order valence-electron chi connectivity index (χ4n) is 0.711. The van der Waals surface area contributed by atoms with E-state index >= 15 is 0 Å². The lowest BCUT2D eigenvalue weighted by Gasteiger charge is -2.26. The Morgan fingerprint density at radius 2 is 1.71 bits per heavy atom. The van der Waals surface area contributed by atoms with Crippen LogP contribution in [0.2, 0.25) is 0 Å². The van der Waals surface area contributed by atoms with Crippen molar-refractivity contribution in [2.45, 2.75) is 53.6 Å². The molecule has 3 nitrogen and oxygen atoms in total. The highest BCUT2D eigenvalue weighted by Gasteiger charge is 2.23. The molecule has 0 aromatic heterocycles. The van der Waals surface area contributed by atoms with Crippen molar-refractivity contribution in [2.75, 3.05) is 0 Å². The largest absolute Gasteiger partial charge is 0.462 e. The normalized spacial score (nSPS) is 13.5. The van der Waals surface area contributed by atoms with Crippen molar-refractivity contribution in [1.29, 1.82) is 0 Å². The van der Waals surface area contributed by atoms with E-state index in [0.29, 0.717) is 0 Å². The first kappa shape index (κ1) is 13.1. The summed E-state index contributed by atoms with van der Waals surface area (Å²) in [6.45, 7) is 9.37. The molecule has 0 aromatic carbocycles. The molecule has 0 N–H and O–H groups in total. The van der Waals surface area contributed by atoms with Crippen molar-refractivity contribution in [2.24, 2.45) is 5.41 Å². The number of ketones is 1. The molecular weight excluding hydrogens is 180 g/mol. The van der Waals surface area contributed by atoms with E-state index in [0.717, 1.165) is 0 Å². The van der Waals surface area contributed by atoms with Crippen LogP contribution in [0.15, 0.2) is 0 Å². The topological polar surface area (TPSA) is 43.4 Å². The second-order valence-corrected chi connectivity index (χ2v) is 4.70. The van der Waals surface area contributed by atoms with Gasteiger partial charge in [-0.1, -0.05) is 20.8 Å². The Bertz CT molecular complexity index is 213. The molecule has 0 unspecified atom stereocenters. The zero-order valence-corrected chi connectivity index (χ0v) is 9.72. The standard InChI is InChI=1S/C11H20O3/c1-8(12)6-7-10(13)14-9(2)11(3,4)5/h9H,6-7H2,1-5H3/t9-/m1/s1. The van der Waals surface area contributed by atoms with Crippen molar-refractivity contribution in [3.63, 3.8) is 0 Å². The molecule has 3 heteroatoms. The van der Waals surface area contributed by atoms with Gasteiger partial charge in [-0.25, -0.2) is 0 Å². The van der Waals surface area contributed by atoms with Crippen LogP contribution in [0, 0.1) is 5.41 Å². The lowest BCUT2D eigenvalue weighted by molar-refractivity contribution is -0.154. The van der Waals surface area contributed by atoms with Gasteiger partial charge in [0.05, 0.1) is 6.42 Å². The Morgan fingerprint density at radius 3 is 2.07 bits per heavy atom. The van der Waals surface area contributed by atoms with Crippen LogP contribution in [-0.4, -0.2) is 17.9 Å². The summed E-state index contributed by atoms with van der Waals surface area (Å²) in [5, 5.41) is 0. The van der Waals surface area contributed by atoms with E-state index in [1.54, 1.807) is 0 Å². The molecule has 0 saturated carbocycles. The van der Waals surface area contributed by atoms with Crippen LogP contribution >= 0.6 is 0 Å². The van der Waals surface area contributed by atoms with Crippen molar-refractivity contribution >= 4 is 11.8 Å². The van der Waals surface area contributed by atoms with Gasteiger partial charge in [-0.3, -0.25) is 4.79 Å². The van der Waals surface area contributed by atoms with E-state index < -0.39 is 0 Å². The molecule has 1 atom stereocenters. The predicted molar refractivity (Wildman–Crippen MR) is 54.9 cm³/mol. The Labute approximate surface area is 85.8 Å². The molecule has 0 aliphatic carbocycles. The number of hydrogen-bond donors (Lipinski definition) is 0. The molecular formula is C11H20O3. The molecule has 82 valence electrons. The Kier molecular flexibility index (Phi) is 4.81. The molecule has 0 fully saturated rings. The minimum Gasteiger partial charge on any atom is -0.462 e. The van der Waals surface area contributed by atoms with Gasteiger partial charge in [0.25, 0.3) is 0 Å². The van der Waals surface area contributed by atoms with Gasteiger partial charge in [0.2, 0.25) is 0 Å². The first-order chi connectivity index (χ1) is 6.23. The van der Waals surface area contributed by atoms with Gasteiger partial charge in [0.1, 0.15) is 11.9 Å². The van der Waals surface area contributed by atoms with Crippen LogP contribution in [0.3, 0.4) is 0 Å². The molecule has 0 aliphatic rings. The number of esters is 1. The summed E-state index contributed by atoms with van der Waals surface area (Å²) in [5.74, 6) is -0.270. The van der Waals surface area contributed by atoms with Crippen LogP contribution in [0.4, 0.5) is 0 Å². The summed E-state index contributed by atoms with van der Waals surface area (Å²) in [7, 11) is 0. The maximum Gasteiger partial charge on any atom is 0.306 e. The second-order valence-electron chi connectivity index (χ2n) is 4.70. The van der Waals surface area contributed by atoms with Gasteiger partial charge in [-0.15, -0.1) is 0 Å². The fourth-order valence-corrected chi connectivity index (χ4v) is 0.711. The number of carbonyl (C=O) groups is 2. The molecule has 0 aliphatic heterocycles. The summed E-state index contributed by atoms with van der Waals surface area (Å²) in [5.41, 5.74) is -0.0497. The molecule has 14 heavy (non-hydrogen) atoms. The number of Topliss-reactive ketones (excluding diaryl/α,β-unsaturated/α-hetero) is 1. The van der Waals surface area contributed by atoms with E-state index in [1.807, 2.05) is 27.7 Å². The van der Waals surface area contributed by atoms with Gasteiger partial charge in [0.15, 0.2) is 0 Å². The quantitative estimate of drug-likeness (QED) is 0.654. The highest BCUT2D eigenvalue weighted by Crippen LogP contribution is 2.22. The molecule has 0 heterocycles. The van der Waals surface area contributed by atoms with Gasteiger partial charge < -0.3 is 9.53 Å². The van der Waals surface area contributed by atoms with Crippen LogP contribution in [0.5, 0.6) is 0 Å². The van der Waals surface area contributed by atoms with E-state index in [-0.39, 0.29) is 36.1 Å². The third kappa shape index (κ3) is 5.73. The molecule has 0 bridgehead atoms. The van der Waals surface area contributed by atoms with Crippen molar-refractivity contribution in [1.82, 2.24) is 0 Å². The molecule has 0 radical (unpaired) electrons. The number of ether oxygens (including phenoxy) is 1. The average molecular weight is 200 g/mol. The molecule has 0 saturated heterocycles. The molecule has 0 aromatic rings. The molecule has 0 spiro atoms. The van der Waals surface area contributed by atoms with Crippen molar-refractivity contribution in [3.8, 4) is 0 Å². The molecule has 0 amide bonds. The molecule has 0 rings (SSSR count). The zero-order valence-electron chi connectivity index (χ0n) is 9.72. The highest BCUT2D eigenvalue weighted by molar-refractivity contribution is 5.81. The first-order valence-electron chi connectivity index (χ1n) is 4.92. The van der Waals surface area contributed by atoms with Gasteiger partial charge in [-0.05, 0) is 19.3 Å². The Hall–Kier alpha value is -0.860. The number of rotatable bonds is 4. The van der Waals surface area contributed by atoms with Crippen LogP contribution in [0.1, 0.15) is 47.5 Å². The minimum atomic E-state index is -0.289. The van der Waals surface area contributed by atoms with Gasteiger partial charge in [0, 0.05) is 6.42 Å². The highest BCUT2D eigenvalue weighted by atomic mass is 16.5. The van der Waals surface area contributed by atoms with Crippen molar-refractivity contribution in [3.05, 3.63) is 0 Å². The first-order valence-corrected chi connectivity index (χ1v) is 4.92. The monoisotopic (exact) mass is 200 g/mol. The van der Waals surface area contributed by atoms with Crippen LogP contribution in [-0.2, 0) is 14.3 Å². The second kappa shape index (κ2) is 5.13. The van der Waals surface area contributed by atoms with E-state index in [9.17, 15) is 9.59 Å². The average Bonchev–Trinajstić information content (AvgIpc) is 1.99. The smallest absolute Gasteiger partial charge is 0.306 e. The summed E-state index contributed by atoms with van der Waals surface area (Å²) in [6, 6.07) is 0. The lowest BCUT2D eigenvalue weighted by Crippen LogP contribution is -2.28. The fraction of sp³-hybridized carbons (Fsp3) is 0.818. The predicted octanol–water partition coefficient (Wildman–Crippen LogP) is 2.33. The third-order valence-electron chi connectivity index (χ3n) is 2.21. The summed E-state index contributed by atoms with van der Waals surface area (Å²) in [6.07, 6.45) is 0.341. The maximum absolute atomic E-state index is 11.2. The SMILES string of the molecule is CC(=O)CCC(=O)O[C@H](C)C(C)(C)C. The van der Waals surface area contributed by atoms with Gasteiger partial charge >= 0.3 is 5.97 Å². The van der Waals surface area contributed by atoms with Crippen LogP contribution < -0.4 is 0 Å². The summed E-state index contributed by atoms with van der Waals surface area (Å²) in [4.78, 5) is 21.9. The summed E-state index contributed by atoms with van der Waals surface area (Å²) >= 11 is 0. The maximum atomic E-state index is 11.2. The van der Waals surface area contributed by atoms with E-state index in [2.05, 4.69) is 0 Å². The van der Waals surface area contributed by atoms with Gasteiger partial charge in [-0.2, -0.15) is 0 Å². The van der Waals surface area contributed by atoms with E-state index in [4.69, 9.17) is 4.74 Å².